The summed E-state index contributed by atoms with van der Waals surface area (Å²) in [5.41, 5.74) is 4.19. The van der Waals surface area contributed by atoms with Gasteiger partial charge in [-0.3, -0.25) is 4.79 Å². The van der Waals surface area contributed by atoms with Crippen molar-refractivity contribution in [2.45, 2.75) is 39.0 Å². The summed E-state index contributed by atoms with van der Waals surface area (Å²) in [7, 11) is 0. The van der Waals surface area contributed by atoms with Crippen molar-refractivity contribution in [1.82, 2.24) is 4.98 Å². The van der Waals surface area contributed by atoms with E-state index in [0.29, 0.717) is 30.0 Å². The van der Waals surface area contributed by atoms with Gasteiger partial charge in [-0.2, -0.15) is 0 Å². The van der Waals surface area contributed by atoms with Gasteiger partial charge in [0, 0.05) is 44.7 Å². The number of hydrogen-bond donors (Lipinski definition) is 1. The van der Waals surface area contributed by atoms with Crippen LogP contribution < -0.4 is 15.1 Å². The number of nitrogens with zero attached hydrogens (tertiary/aromatic N) is 3. The van der Waals surface area contributed by atoms with Crippen LogP contribution in [0.2, 0.25) is 0 Å². The van der Waals surface area contributed by atoms with Crippen molar-refractivity contribution >= 4 is 23.1 Å². The molecule has 0 saturated carbocycles. The van der Waals surface area contributed by atoms with Gasteiger partial charge in [0.2, 0.25) is 5.92 Å². The minimum atomic E-state index is -2.68. The number of rotatable bonds is 4. The van der Waals surface area contributed by atoms with Crippen molar-refractivity contribution < 1.29 is 18.3 Å². The van der Waals surface area contributed by atoms with Gasteiger partial charge in [-0.25, -0.2) is 13.8 Å². The molecule has 1 N–H and O–H groups in total. The van der Waals surface area contributed by atoms with E-state index in [1.165, 1.54) is 0 Å². The Bertz CT molecular complexity index is 1060. The van der Waals surface area contributed by atoms with Crippen LogP contribution in [0.1, 0.15) is 40.7 Å². The molecule has 0 unspecified atom stereocenters. The fraction of sp³-hybridized carbons (Fsp3) is 0.520. The van der Waals surface area contributed by atoms with Crippen LogP contribution in [0.5, 0.6) is 0 Å². The van der Waals surface area contributed by atoms with Crippen LogP contribution in [-0.2, 0) is 4.74 Å². The minimum Gasteiger partial charge on any atom is -0.380 e. The van der Waals surface area contributed by atoms with Crippen molar-refractivity contribution in [2.24, 2.45) is 5.41 Å². The van der Waals surface area contributed by atoms with E-state index in [4.69, 9.17) is 4.74 Å². The molecule has 6 nitrogen and oxygen atoms in total. The molecule has 0 bridgehead atoms. The van der Waals surface area contributed by atoms with Crippen molar-refractivity contribution in [2.75, 3.05) is 54.5 Å². The Morgan fingerprint density at radius 2 is 1.91 bits per heavy atom. The molecule has 3 aliphatic heterocycles. The topological polar surface area (TPSA) is 57.7 Å². The molecule has 4 heterocycles. The number of aromatic nitrogens is 1. The fourth-order valence-electron chi connectivity index (χ4n) is 5.11. The van der Waals surface area contributed by atoms with Crippen molar-refractivity contribution in [3.63, 3.8) is 0 Å². The molecule has 2 aromatic rings. The monoisotopic (exact) mass is 456 g/mol. The highest BCUT2D eigenvalue weighted by atomic mass is 19.3. The molecule has 176 valence electrons. The lowest BCUT2D eigenvalue weighted by Gasteiger charge is -2.56. The summed E-state index contributed by atoms with van der Waals surface area (Å²) in [6.45, 7) is 7.83. The molecule has 8 heteroatoms. The zero-order valence-corrected chi connectivity index (χ0v) is 19.2. The van der Waals surface area contributed by atoms with E-state index in [1.54, 1.807) is 6.20 Å². The molecule has 33 heavy (non-hydrogen) atoms. The summed E-state index contributed by atoms with van der Waals surface area (Å²) in [5, 5.41) is 3.00. The van der Waals surface area contributed by atoms with Crippen LogP contribution >= 0.6 is 0 Å². The second-order valence-electron chi connectivity index (χ2n) is 9.84. The first-order valence-corrected chi connectivity index (χ1v) is 11.6. The van der Waals surface area contributed by atoms with Gasteiger partial charge in [0.15, 0.2) is 0 Å². The highest BCUT2D eigenvalue weighted by molar-refractivity contribution is 6.09. The highest BCUT2D eigenvalue weighted by Gasteiger charge is 2.49. The number of nitrogens with one attached hydrogen (secondary N) is 1. The molecular weight excluding hydrogens is 426 g/mol. The Balaban J connectivity index is 1.48. The van der Waals surface area contributed by atoms with Crippen molar-refractivity contribution in [3.8, 4) is 0 Å². The predicted molar refractivity (Wildman–Crippen MR) is 125 cm³/mol. The summed E-state index contributed by atoms with van der Waals surface area (Å²) in [4.78, 5) is 22.3. The molecule has 0 aliphatic carbocycles. The van der Waals surface area contributed by atoms with Gasteiger partial charge in [0.1, 0.15) is 5.82 Å². The number of halogens is 2. The Morgan fingerprint density at radius 3 is 2.61 bits per heavy atom. The van der Waals surface area contributed by atoms with E-state index >= 15 is 0 Å². The number of benzene rings is 1. The minimum absolute atomic E-state index is 0.136. The fourth-order valence-corrected chi connectivity index (χ4v) is 5.11. The molecule has 1 amide bonds. The second-order valence-corrected chi connectivity index (χ2v) is 9.84. The number of anilines is 3. The third-order valence-corrected chi connectivity index (χ3v) is 7.02. The molecule has 3 fully saturated rings. The maximum absolute atomic E-state index is 14.0. The first-order chi connectivity index (χ1) is 15.8. The molecule has 0 radical (unpaired) electrons. The van der Waals surface area contributed by atoms with E-state index in [9.17, 15) is 13.6 Å². The largest absolute Gasteiger partial charge is 0.380 e. The van der Waals surface area contributed by atoms with E-state index in [-0.39, 0.29) is 30.7 Å². The number of hydrogen-bond acceptors (Lipinski definition) is 5. The molecular formula is C25H30F2N4O2. The first kappa shape index (κ1) is 22.1. The first-order valence-electron chi connectivity index (χ1n) is 11.6. The van der Waals surface area contributed by atoms with Crippen molar-refractivity contribution in [3.05, 3.63) is 47.2 Å². The van der Waals surface area contributed by atoms with E-state index in [2.05, 4.69) is 15.2 Å². The standard InChI is InChI=1S/C25H30F2N4O2/c1-17-5-3-6-19(11-17)29-23(32)21-18(2)20(31-13-24(14-31)15-33-16-24)12-28-22(21)30-9-4-7-25(26,27)8-10-30/h3,5-6,11-12H,4,7-10,13-16H2,1-2H3,(H,29,32). The quantitative estimate of drug-likeness (QED) is 0.739. The van der Waals surface area contributed by atoms with Crippen LogP contribution in [0.4, 0.5) is 26.0 Å². The maximum Gasteiger partial charge on any atom is 0.259 e. The summed E-state index contributed by atoms with van der Waals surface area (Å²) in [6.07, 6.45) is 1.79. The van der Waals surface area contributed by atoms with Gasteiger partial charge in [0.25, 0.3) is 5.91 Å². The van der Waals surface area contributed by atoms with E-state index < -0.39 is 5.92 Å². The smallest absolute Gasteiger partial charge is 0.259 e. The third kappa shape index (κ3) is 4.28. The number of carbonyl (C=O) groups excluding carboxylic acids is 1. The Kier molecular flexibility index (Phi) is 5.51. The number of aryl methyl sites for hydroxylation is 1. The second kappa shape index (κ2) is 8.24. The van der Waals surface area contributed by atoms with Gasteiger partial charge in [-0.1, -0.05) is 12.1 Å². The van der Waals surface area contributed by atoms with Crippen LogP contribution in [-0.4, -0.2) is 56.2 Å². The summed E-state index contributed by atoms with van der Waals surface area (Å²) in [6, 6.07) is 7.62. The normalized spacial score (nSPS) is 21.2. The number of pyridine rings is 1. The lowest BCUT2D eigenvalue weighted by Crippen LogP contribution is -2.66. The summed E-state index contributed by atoms with van der Waals surface area (Å²) < 4.78 is 33.4. The Labute approximate surface area is 192 Å². The average Bonchev–Trinajstić information content (AvgIpc) is 2.87. The van der Waals surface area contributed by atoms with Crippen LogP contribution in [0.25, 0.3) is 0 Å². The number of alkyl halides is 2. The molecule has 3 saturated heterocycles. The average molecular weight is 457 g/mol. The molecule has 1 aromatic heterocycles. The zero-order chi connectivity index (χ0) is 23.2. The lowest BCUT2D eigenvalue weighted by molar-refractivity contribution is -0.127. The molecule has 1 aromatic carbocycles. The zero-order valence-electron chi connectivity index (χ0n) is 19.2. The molecule has 3 aliphatic rings. The molecule has 5 rings (SSSR count). The van der Waals surface area contributed by atoms with Gasteiger partial charge in [-0.05, 0) is 43.5 Å². The predicted octanol–water partition coefficient (Wildman–Crippen LogP) is 4.41. The van der Waals surface area contributed by atoms with Gasteiger partial charge in [-0.15, -0.1) is 0 Å². The van der Waals surface area contributed by atoms with E-state index in [1.807, 2.05) is 43.0 Å². The molecule has 0 atom stereocenters. The van der Waals surface area contributed by atoms with Crippen LogP contribution in [0, 0.1) is 19.3 Å². The van der Waals surface area contributed by atoms with Crippen LogP contribution in [0.3, 0.4) is 0 Å². The number of amides is 1. The van der Waals surface area contributed by atoms with E-state index in [0.717, 1.165) is 43.1 Å². The van der Waals surface area contributed by atoms with Crippen molar-refractivity contribution in [1.29, 1.82) is 0 Å². The third-order valence-electron chi connectivity index (χ3n) is 7.02. The maximum atomic E-state index is 14.0. The van der Waals surface area contributed by atoms with Gasteiger partial charge < -0.3 is 19.9 Å². The summed E-state index contributed by atoms with van der Waals surface area (Å²) >= 11 is 0. The van der Waals surface area contributed by atoms with Gasteiger partial charge >= 0.3 is 0 Å². The molecule has 1 spiro atoms. The Hall–Kier alpha value is -2.74. The SMILES string of the molecule is Cc1cccc(NC(=O)c2c(N3CCCC(F)(F)CC3)ncc(N3CC4(COC4)C3)c2C)c1. The summed E-state index contributed by atoms with van der Waals surface area (Å²) in [5.74, 6) is -2.45. The van der Waals surface area contributed by atoms with Crippen LogP contribution in [0.15, 0.2) is 30.5 Å². The lowest BCUT2D eigenvalue weighted by atomic mass is 9.77. The number of carbonyl (C=O) groups is 1. The highest BCUT2D eigenvalue weighted by Crippen LogP contribution is 2.42. The van der Waals surface area contributed by atoms with Gasteiger partial charge in [0.05, 0.1) is 36.1 Å². The Morgan fingerprint density at radius 1 is 1.12 bits per heavy atom. The number of ether oxygens (including phenoxy) is 1.